The fraction of sp³-hybridized carbons (Fsp3) is 0.600. The molecular weight excluding hydrogens is 198 g/mol. The highest BCUT2D eigenvalue weighted by molar-refractivity contribution is 6.01. The van der Waals surface area contributed by atoms with Crippen molar-refractivity contribution < 1.29 is 19.8 Å². The first-order chi connectivity index (χ1) is 6.74. The average Bonchev–Trinajstić information content (AvgIpc) is 2.10. The topological polar surface area (TPSA) is 77.8 Å². The van der Waals surface area contributed by atoms with Crippen LogP contribution in [0, 0.1) is 0 Å². The van der Waals surface area contributed by atoms with Crippen LogP contribution < -0.4 is 0 Å². The van der Waals surface area contributed by atoms with E-state index >= 15 is 0 Å². The molecule has 0 saturated carbocycles. The number of amides is 1. The molecule has 0 aliphatic carbocycles. The van der Waals surface area contributed by atoms with Crippen molar-refractivity contribution in [2.24, 2.45) is 0 Å². The SMILES string of the molecule is C/C(C(=O)O)=C(/C)C(=O)N1CC(C)(O)C1. The minimum absolute atomic E-state index is 0.0477. The van der Waals surface area contributed by atoms with Crippen LogP contribution in [0.15, 0.2) is 11.1 Å². The number of hydrogen-bond donors (Lipinski definition) is 2. The van der Waals surface area contributed by atoms with Crippen molar-refractivity contribution in [1.82, 2.24) is 4.90 Å². The maximum absolute atomic E-state index is 11.7. The van der Waals surface area contributed by atoms with E-state index in [9.17, 15) is 14.7 Å². The highest BCUT2D eigenvalue weighted by Gasteiger charge is 2.40. The number of carbonyl (C=O) groups excluding carboxylic acids is 1. The van der Waals surface area contributed by atoms with Crippen molar-refractivity contribution >= 4 is 11.9 Å². The quantitative estimate of drug-likeness (QED) is 0.633. The summed E-state index contributed by atoms with van der Waals surface area (Å²) >= 11 is 0. The molecule has 5 heteroatoms. The lowest BCUT2D eigenvalue weighted by molar-refractivity contribution is -0.148. The van der Waals surface area contributed by atoms with Gasteiger partial charge in [-0.25, -0.2) is 4.79 Å². The van der Waals surface area contributed by atoms with Crippen LogP contribution >= 0.6 is 0 Å². The Labute approximate surface area is 88.0 Å². The van der Waals surface area contributed by atoms with Crippen LogP contribution in [0.4, 0.5) is 0 Å². The molecule has 0 aromatic heterocycles. The molecule has 0 unspecified atom stereocenters. The molecule has 0 atom stereocenters. The predicted octanol–water partition coefficient (Wildman–Crippen LogP) is 0.000600. The number of carbonyl (C=O) groups is 2. The maximum Gasteiger partial charge on any atom is 0.331 e. The number of β-amino-alcohol motifs (C(OH)–C–C–N with tert-alkyl or cyclic N) is 1. The standard InChI is InChI=1S/C10H15NO4/c1-6(7(2)9(13)14)8(12)11-4-10(3,15)5-11/h15H,4-5H2,1-3H3,(H,13,14)/b7-6+. The Hall–Kier alpha value is -1.36. The Bertz CT molecular complexity index is 335. The van der Waals surface area contributed by atoms with Crippen LogP contribution in [0.25, 0.3) is 0 Å². The second-order valence-corrected chi connectivity index (χ2v) is 4.21. The number of aliphatic hydroxyl groups is 1. The van der Waals surface area contributed by atoms with Gasteiger partial charge in [-0.1, -0.05) is 0 Å². The molecular formula is C10H15NO4. The molecule has 1 heterocycles. The molecule has 1 rings (SSSR count). The third kappa shape index (κ3) is 2.36. The minimum Gasteiger partial charge on any atom is -0.478 e. The molecule has 84 valence electrons. The normalized spacial score (nSPS) is 20.4. The van der Waals surface area contributed by atoms with Crippen LogP contribution in [0.2, 0.25) is 0 Å². The van der Waals surface area contributed by atoms with Gasteiger partial charge in [-0.05, 0) is 20.8 Å². The van der Waals surface area contributed by atoms with Gasteiger partial charge in [-0.3, -0.25) is 4.79 Å². The van der Waals surface area contributed by atoms with Crippen LogP contribution in [0.1, 0.15) is 20.8 Å². The summed E-state index contributed by atoms with van der Waals surface area (Å²) in [4.78, 5) is 23.7. The van der Waals surface area contributed by atoms with E-state index in [1.807, 2.05) is 0 Å². The zero-order valence-electron chi connectivity index (χ0n) is 9.07. The lowest BCUT2D eigenvalue weighted by Gasteiger charge is -2.44. The van der Waals surface area contributed by atoms with Crippen molar-refractivity contribution in [3.05, 3.63) is 11.1 Å². The van der Waals surface area contributed by atoms with Gasteiger partial charge in [0.05, 0.1) is 18.7 Å². The number of carboxylic acid groups (broad SMARTS) is 1. The number of hydrogen-bond acceptors (Lipinski definition) is 3. The number of carboxylic acids is 1. The zero-order valence-corrected chi connectivity index (χ0v) is 9.07. The predicted molar refractivity (Wildman–Crippen MR) is 53.2 cm³/mol. The first kappa shape index (κ1) is 11.7. The molecule has 1 aliphatic heterocycles. The Morgan fingerprint density at radius 3 is 2.00 bits per heavy atom. The highest BCUT2D eigenvalue weighted by Crippen LogP contribution is 2.22. The minimum atomic E-state index is -1.09. The van der Waals surface area contributed by atoms with Gasteiger partial charge in [0.1, 0.15) is 0 Å². The van der Waals surface area contributed by atoms with E-state index in [-0.39, 0.29) is 30.1 Å². The summed E-state index contributed by atoms with van der Waals surface area (Å²) in [6, 6.07) is 0. The fourth-order valence-corrected chi connectivity index (χ4v) is 1.48. The van der Waals surface area contributed by atoms with E-state index in [1.165, 1.54) is 18.7 Å². The van der Waals surface area contributed by atoms with Crippen molar-refractivity contribution in [3.63, 3.8) is 0 Å². The number of aliphatic carboxylic acids is 1. The Balaban J connectivity index is 2.72. The van der Waals surface area contributed by atoms with E-state index in [0.717, 1.165) is 0 Å². The molecule has 5 nitrogen and oxygen atoms in total. The van der Waals surface area contributed by atoms with Gasteiger partial charge in [-0.2, -0.15) is 0 Å². The van der Waals surface area contributed by atoms with Crippen LogP contribution in [-0.2, 0) is 9.59 Å². The van der Waals surface area contributed by atoms with Gasteiger partial charge in [-0.15, -0.1) is 0 Å². The molecule has 0 bridgehead atoms. The van der Waals surface area contributed by atoms with Gasteiger partial charge in [0.25, 0.3) is 0 Å². The van der Waals surface area contributed by atoms with Gasteiger partial charge < -0.3 is 15.1 Å². The van der Waals surface area contributed by atoms with Crippen molar-refractivity contribution in [3.8, 4) is 0 Å². The highest BCUT2D eigenvalue weighted by atomic mass is 16.4. The zero-order chi connectivity index (χ0) is 11.8. The summed E-state index contributed by atoms with van der Waals surface area (Å²) < 4.78 is 0. The average molecular weight is 213 g/mol. The fourth-order valence-electron chi connectivity index (χ4n) is 1.48. The lowest BCUT2D eigenvalue weighted by Crippen LogP contribution is -2.61. The first-order valence-corrected chi connectivity index (χ1v) is 4.67. The van der Waals surface area contributed by atoms with Crippen molar-refractivity contribution in [2.75, 3.05) is 13.1 Å². The Kier molecular flexibility index (Phi) is 2.86. The van der Waals surface area contributed by atoms with Gasteiger partial charge >= 0.3 is 5.97 Å². The van der Waals surface area contributed by atoms with Crippen molar-refractivity contribution in [1.29, 1.82) is 0 Å². The van der Waals surface area contributed by atoms with Gasteiger partial charge in [0, 0.05) is 11.1 Å². The first-order valence-electron chi connectivity index (χ1n) is 4.67. The summed E-state index contributed by atoms with van der Waals surface area (Å²) in [5, 5.41) is 18.1. The van der Waals surface area contributed by atoms with Crippen LogP contribution in [0.5, 0.6) is 0 Å². The molecule has 0 radical (unpaired) electrons. The summed E-state index contributed by atoms with van der Waals surface area (Å²) in [7, 11) is 0. The molecule has 0 aromatic carbocycles. The molecule has 2 N–H and O–H groups in total. The maximum atomic E-state index is 11.7. The summed E-state index contributed by atoms with van der Waals surface area (Å²) in [5.41, 5.74) is -0.558. The molecule has 0 aromatic rings. The largest absolute Gasteiger partial charge is 0.478 e. The second-order valence-electron chi connectivity index (χ2n) is 4.21. The number of nitrogens with zero attached hydrogens (tertiary/aromatic N) is 1. The number of rotatable bonds is 2. The molecule has 1 aliphatic rings. The Morgan fingerprint density at radius 1 is 1.20 bits per heavy atom. The molecule has 1 fully saturated rings. The molecule has 0 spiro atoms. The van der Waals surface area contributed by atoms with E-state index in [1.54, 1.807) is 6.92 Å². The number of likely N-dealkylation sites (tertiary alicyclic amines) is 1. The lowest BCUT2D eigenvalue weighted by atomic mass is 9.95. The Morgan fingerprint density at radius 2 is 1.67 bits per heavy atom. The van der Waals surface area contributed by atoms with E-state index in [4.69, 9.17) is 5.11 Å². The van der Waals surface area contributed by atoms with E-state index in [0.29, 0.717) is 0 Å². The third-order valence-electron chi connectivity index (χ3n) is 2.55. The van der Waals surface area contributed by atoms with Crippen molar-refractivity contribution in [2.45, 2.75) is 26.4 Å². The van der Waals surface area contributed by atoms with Gasteiger partial charge in [0.2, 0.25) is 5.91 Å². The van der Waals surface area contributed by atoms with Gasteiger partial charge in [0.15, 0.2) is 0 Å². The summed E-state index contributed by atoms with van der Waals surface area (Å²) in [5.74, 6) is -1.41. The molecule has 15 heavy (non-hydrogen) atoms. The molecule has 1 saturated heterocycles. The summed E-state index contributed by atoms with van der Waals surface area (Å²) in [6.07, 6.45) is 0. The monoisotopic (exact) mass is 213 g/mol. The summed E-state index contributed by atoms with van der Waals surface area (Å²) in [6.45, 7) is 5.04. The van der Waals surface area contributed by atoms with E-state index in [2.05, 4.69) is 0 Å². The smallest absolute Gasteiger partial charge is 0.331 e. The third-order valence-corrected chi connectivity index (χ3v) is 2.55. The van der Waals surface area contributed by atoms with Crippen LogP contribution in [-0.4, -0.2) is 45.7 Å². The van der Waals surface area contributed by atoms with Crippen LogP contribution in [0.3, 0.4) is 0 Å². The van der Waals surface area contributed by atoms with E-state index < -0.39 is 11.6 Å². The molecule has 1 amide bonds. The second kappa shape index (κ2) is 3.66.